The number of halogens is 1. The molecular formula is C10H12ClN3O4S2. The molecule has 0 saturated carbocycles. The van der Waals surface area contributed by atoms with Crippen molar-refractivity contribution < 1.29 is 17.7 Å². The van der Waals surface area contributed by atoms with Crippen LogP contribution in [-0.4, -0.2) is 40.6 Å². The van der Waals surface area contributed by atoms with Crippen LogP contribution in [0.25, 0.3) is 0 Å². The summed E-state index contributed by atoms with van der Waals surface area (Å²) in [6.45, 7) is 1.42. The monoisotopic (exact) mass is 337 g/mol. The number of aromatic nitrogens is 3. The van der Waals surface area contributed by atoms with E-state index >= 15 is 0 Å². The molecule has 3 rings (SSSR count). The molecule has 7 nitrogen and oxygen atoms in total. The minimum atomic E-state index is -3.67. The zero-order chi connectivity index (χ0) is 14.8. The number of thiophene rings is 1. The summed E-state index contributed by atoms with van der Waals surface area (Å²) in [5, 5.41) is 4.07. The molecule has 1 N–H and O–H groups in total. The van der Waals surface area contributed by atoms with Gasteiger partial charge in [-0.15, -0.1) is 11.3 Å². The van der Waals surface area contributed by atoms with E-state index in [9.17, 15) is 8.42 Å². The number of rotatable bonds is 3. The second-order valence-electron chi connectivity index (χ2n) is 4.21. The Balaban J connectivity index is 0.000000257. The molecule has 2 aromatic rings. The maximum Gasteiger partial charge on any atom is 0.261 e. The van der Waals surface area contributed by atoms with Crippen molar-refractivity contribution in [2.45, 2.75) is 12.1 Å². The summed E-state index contributed by atoms with van der Waals surface area (Å²) in [7, 11) is -3.67. The van der Waals surface area contributed by atoms with E-state index in [-0.39, 0.29) is 5.60 Å². The molecular weight excluding hydrogens is 326 g/mol. The molecule has 10 heteroatoms. The van der Waals surface area contributed by atoms with Crippen LogP contribution in [0.2, 0.25) is 4.34 Å². The van der Waals surface area contributed by atoms with Crippen LogP contribution >= 0.6 is 22.9 Å². The maximum atomic E-state index is 9.19. The zero-order valence-corrected chi connectivity index (χ0v) is 12.8. The van der Waals surface area contributed by atoms with Crippen molar-refractivity contribution in [1.82, 2.24) is 14.8 Å². The third kappa shape index (κ3) is 4.53. The van der Waals surface area contributed by atoms with Crippen molar-refractivity contribution in [2.24, 2.45) is 0 Å². The van der Waals surface area contributed by atoms with Crippen LogP contribution in [0.15, 0.2) is 24.8 Å². The summed E-state index contributed by atoms with van der Waals surface area (Å²) in [6, 6.07) is 3.91. The first-order valence-electron chi connectivity index (χ1n) is 5.43. The van der Waals surface area contributed by atoms with Crippen LogP contribution in [0, 0.1) is 0 Å². The minimum Gasteiger partial charge on any atom is -0.362 e. The molecule has 1 aliphatic heterocycles. The van der Waals surface area contributed by atoms with Crippen LogP contribution in [-0.2, 0) is 27.0 Å². The Kier molecular flexibility index (Phi) is 4.45. The average molecular weight is 338 g/mol. The SMILES string of the molecule is CS(=O)(=O)O.Clc1ccc(C2(Cn3cncn3)CO2)s1. The third-order valence-corrected chi connectivity index (χ3v) is 3.82. The number of hydrogen-bond acceptors (Lipinski definition) is 6. The first-order valence-corrected chi connectivity index (χ1v) is 8.47. The Labute approximate surface area is 124 Å². The highest BCUT2D eigenvalue weighted by Crippen LogP contribution is 2.44. The molecule has 1 atom stereocenters. The van der Waals surface area contributed by atoms with Gasteiger partial charge >= 0.3 is 0 Å². The van der Waals surface area contributed by atoms with Crippen molar-refractivity contribution in [1.29, 1.82) is 0 Å². The molecule has 0 radical (unpaired) electrons. The quantitative estimate of drug-likeness (QED) is 0.672. The van der Waals surface area contributed by atoms with Gasteiger partial charge in [0.05, 0.1) is 23.7 Å². The lowest BCUT2D eigenvalue weighted by molar-refractivity contribution is 0.273. The summed E-state index contributed by atoms with van der Waals surface area (Å²) in [4.78, 5) is 5.06. The third-order valence-electron chi connectivity index (χ3n) is 2.40. The van der Waals surface area contributed by atoms with Gasteiger partial charge in [0, 0.05) is 4.88 Å². The van der Waals surface area contributed by atoms with Crippen molar-refractivity contribution in [2.75, 3.05) is 12.9 Å². The Morgan fingerprint density at radius 2 is 2.25 bits per heavy atom. The largest absolute Gasteiger partial charge is 0.362 e. The first kappa shape index (κ1) is 15.4. The predicted molar refractivity (Wildman–Crippen MR) is 74.5 cm³/mol. The summed E-state index contributed by atoms with van der Waals surface area (Å²) in [5.41, 5.74) is -0.217. The Bertz CT molecular complexity index is 656. The highest BCUT2D eigenvalue weighted by molar-refractivity contribution is 7.85. The second-order valence-corrected chi connectivity index (χ2v) is 7.39. The fraction of sp³-hybridized carbons (Fsp3) is 0.400. The van der Waals surface area contributed by atoms with Crippen molar-refractivity contribution in [3.63, 3.8) is 0 Å². The number of ether oxygens (including phenoxy) is 1. The van der Waals surface area contributed by atoms with Gasteiger partial charge in [0.1, 0.15) is 18.3 Å². The highest BCUT2D eigenvalue weighted by Gasteiger charge is 2.48. The molecule has 1 fully saturated rings. The van der Waals surface area contributed by atoms with Crippen molar-refractivity contribution >= 4 is 33.1 Å². The molecule has 0 bridgehead atoms. The topological polar surface area (TPSA) is 97.6 Å². The van der Waals surface area contributed by atoms with Crippen LogP contribution in [0.1, 0.15) is 4.88 Å². The average Bonchev–Trinajstić information content (AvgIpc) is 2.73. The normalized spacial score (nSPS) is 21.1. The molecule has 1 unspecified atom stereocenters. The van der Waals surface area contributed by atoms with E-state index in [2.05, 4.69) is 10.1 Å². The Morgan fingerprint density at radius 3 is 2.65 bits per heavy atom. The van der Waals surface area contributed by atoms with Crippen molar-refractivity contribution in [3.8, 4) is 0 Å². The van der Waals surface area contributed by atoms with E-state index in [0.29, 0.717) is 12.8 Å². The van der Waals surface area contributed by atoms with Crippen molar-refractivity contribution in [3.05, 3.63) is 34.0 Å². The lowest BCUT2D eigenvalue weighted by Crippen LogP contribution is -2.16. The fourth-order valence-corrected chi connectivity index (χ4v) is 2.70. The lowest BCUT2D eigenvalue weighted by atomic mass is 10.1. The maximum absolute atomic E-state index is 9.19. The van der Waals surface area contributed by atoms with E-state index in [1.807, 2.05) is 12.1 Å². The van der Waals surface area contributed by atoms with Crippen LogP contribution in [0.4, 0.5) is 0 Å². The van der Waals surface area contributed by atoms with Crippen LogP contribution in [0.5, 0.6) is 0 Å². The molecule has 0 amide bonds. The summed E-state index contributed by atoms with van der Waals surface area (Å²) < 4.78 is 34.0. The van der Waals surface area contributed by atoms with Gasteiger partial charge in [-0.25, -0.2) is 9.67 Å². The highest BCUT2D eigenvalue weighted by atomic mass is 35.5. The fourth-order valence-electron chi connectivity index (χ4n) is 1.53. The summed E-state index contributed by atoms with van der Waals surface area (Å²) in [5.74, 6) is 0. The van der Waals surface area contributed by atoms with Gasteiger partial charge < -0.3 is 4.74 Å². The van der Waals surface area contributed by atoms with Gasteiger partial charge in [-0.3, -0.25) is 4.55 Å². The smallest absolute Gasteiger partial charge is 0.261 e. The Morgan fingerprint density at radius 1 is 1.60 bits per heavy atom. The van der Waals surface area contributed by atoms with E-state index in [0.717, 1.165) is 15.8 Å². The number of hydrogen-bond donors (Lipinski definition) is 1. The van der Waals surface area contributed by atoms with E-state index in [4.69, 9.17) is 20.9 Å². The second kappa shape index (κ2) is 5.78. The summed E-state index contributed by atoms with van der Waals surface area (Å²) in [6.07, 6.45) is 3.93. The number of epoxide rings is 1. The molecule has 3 heterocycles. The zero-order valence-electron chi connectivity index (χ0n) is 10.4. The number of nitrogens with zero attached hydrogens (tertiary/aromatic N) is 3. The Hall–Kier alpha value is -1.00. The standard InChI is InChI=1S/C9H8ClN3OS.CH4O3S/c10-8-2-1-7(15-8)9(4-14-9)3-13-6-11-5-12-13;1-5(2,3)4/h1-2,5-6H,3-4H2;1H3,(H,2,3,4). The predicted octanol–water partition coefficient (Wildman–Crippen LogP) is 1.42. The minimum absolute atomic E-state index is 0.217. The van der Waals surface area contributed by atoms with Gasteiger partial charge in [0.25, 0.3) is 10.1 Å². The van der Waals surface area contributed by atoms with E-state index in [1.165, 1.54) is 6.33 Å². The van der Waals surface area contributed by atoms with E-state index < -0.39 is 10.1 Å². The van der Waals surface area contributed by atoms with Crippen LogP contribution in [0.3, 0.4) is 0 Å². The van der Waals surface area contributed by atoms with Gasteiger partial charge in [-0.05, 0) is 12.1 Å². The molecule has 110 valence electrons. The van der Waals surface area contributed by atoms with E-state index in [1.54, 1.807) is 22.3 Å². The molecule has 0 spiro atoms. The molecule has 0 aromatic carbocycles. The molecule has 0 aliphatic carbocycles. The first-order chi connectivity index (χ1) is 9.28. The van der Waals surface area contributed by atoms with Gasteiger partial charge in [0.15, 0.2) is 0 Å². The molecule has 20 heavy (non-hydrogen) atoms. The molecule has 1 aliphatic rings. The van der Waals surface area contributed by atoms with Crippen LogP contribution < -0.4 is 0 Å². The van der Waals surface area contributed by atoms with Gasteiger partial charge in [-0.2, -0.15) is 13.5 Å². The summed E-state index contributed by atoms with van der Waals surface area (Å²) >= 11 is 7.46. The van der Waals surface area contributed by atoms with Gasteiger partial charge in [0.2, 0.25) is 0 Å². The van der Waals surface area contributed by atoms with Gasteiger partial charge in [-0.1, -0.05) is 11.6 Å². The molecule has 1 saturated heterocycles. The lowest BCUT2D eigenvalue weighted by Gasteiger charge is -2.08. The molecule has 2 aromatic heterocycles.